The average molecular weight is 331 g/mol. The van der Waals surface area contributed by atoms with Gasteiger partial charge < -0.3 is 10.5 Å². The molecule has 4 nitrogen and oxygen atoms in total. The van der Waals surface area contributed by atoms with Crippen molar-refractivity contribution < 1.29 is 13.9 Å². The summed E-state index contributed by atoms with van der Waals surface area (Å²) in [6.45, 7) is 3.19. The van der Waals surface area contributed by atoms with Crippen LogP contribution < -0.4 is 5.73 Å². The molecule has 1 aromatic carbocycles. The number of benzene rings is 1. The number of hydrogen-bond acceptors (Lipinski definition) is 4. The van der Waals surface area contributed by atoms with E-state index in [-0.39, 0.29) is 11.3 Å². The Hall–Kier alpha value is -1.14. The van der Waals surface area contributed by atoms with E-state index < -0.39 is 11.8 Å². The minimum atomic E-state index is -0.555. The Labute approximate surface area is 119 Å². The molecule has 1 heterocycles. The summed E-state index contributed by atoms with van der Waals surface area (Å²) in [7, 11) is 0. The van der Waals surface area contributed by atoms with E-state index in [1.165, 1.54) is 25.0 Å². The van der Waals surface area contributed by atoms with Crippen LogP contribution in [0, 0.1) is 5.82 Å². The van der Waals surface area contributed by atoms with Crippen molar-refractivity contribution in [3.63, 3.8) is 0 Å². The number of hydrogen-bond donors (Lipinski definition) is 1. The van der Waals surface area contributed by atoms with Gasteiger partial charge in [0.1, 0.15) is 12.4 Å². The van der Waals surface area contributed by atoms with Crippen LogP contribution >= 0.6 is 15.9 Å². The van der Waals surface area contributed by atoms with Crippen molar-refractivity contribution >= 4 is 27.6 Å². The zero-order chi connectivity index (χ0) is 13.8. The SMILES string of the molecule is Nc1cc(C(=O)OCCN2CCCC2)c(Br)cc1F. The molecule has 1 fully saturated rings. The Bertz CT molecular complexity index is 476. The number of rotatable bonds is 4. The van der Waals surface area contributed by atoms with Crippen molar-refractivity contribution in [2.75, 3.05) is 32.0 Å². The predicted octanol–water partition coefficient (Wildman–Crippen LogP) is 2.42. The maximum atomic E-state index is 13.2. The van der Waals surface area contributed by atoms with Crippen molar-refractivity contribution in [2.24, 2.45) is 0 Å². The molecule has 0 aromatic heterocycles. The summed E-state index contributed by atoms with van der Waals surface area (Å²) in [4.78, 5) is 14.1. The maximum absolute atomic E-state index is 13.2. The number of likely N-dealkylation sites (tertiary alicyclic amines) is 1. The van der Waals surface area contributed by atoms with Gasteiger partial charge in [-0.15, -0.1) is 0 Å². The summed E-state index contributed by atoms with van der Waals surface area (Å²) >= 11 is 3.13. The van der Waals surface area contributed by atoms with Gasteiger partial charge in [-0.25, -0.2) is 9.18 Å². The molecule has 6 heteroatoms. The third kappa shape index (κ3) is 3.67. The Morgan fingerprint density at radius 3 is 2.79 bits per heavy atom. The molecular weight excluding hydrogens is 315 g/mol. The normalized spacial score (nSPS) is 15.7. The molecule has 1 aliphatic heterocycles. The third-order valence-electron chi connectivity index (χ3n) is 3.15. The van der Waals surface area contributed by atoms with Gasteiger partial charge in [0.25, 0.3) is 0 Å². The van der Waals surface area contributed by atoms with E-state index in [1.54, 1.807) is 0 Å². The number of anilines is 1. The highest BCUT2D eigenvalue weighted by Crippen LogP contribution is 2.23. The van der Waals surface area contributed by atoms with E-state index in [0.717, 1.165) is 19.6 Å². The van der Waals surface area contributed by atoms with E-state index in [0.29, 0.717) is 11.1 Å². The largest absolute Gasteiger partial charge is 0.461 e. The Kier molecular flexibility index (Phi) is 4.76. The van der Waals surface area contributed by atoms with Crippen LogP contribution in [-0.4, -0.2) is 37.1 Å². The fourth-order valence-electron chi connectivity index (χ4n) is 2.07. The van der Waals surface area contributed by atoms with E-state index in [4.69, 9.17) is 10.5 Å². The van der Waals surface area contributed by atoms with Crippen molar-refractivity contribution in [2.45, 2.75) is 12.8 Å². The number of halogens is 2. The molecule has 0 atom stereocenters. The summed E-state index contributed by atoms with van der Waals surface area (Å²) in [5.74, 6) is -1.04. The van der Waals surface area contributed by atoms with Gasteiger partial charge in [0.05, 0.1) is 11.3 Å². The van der Waals surface area contributed by atoms with E-state index in [2.05, 4.69) is 20.8 Å². The second-order valence-corrected chi connectivity index (χ2v) is 5.39. The lowest BCUT2D eigenvalue weighted by Crippen LogP contribution is -2.25. The quantitative estimate of drug-likeness (QED) is 0.680. The van der Waals surface area contributed by atoms with Crippen LogP contribution in [0.1, 0.15) is 23.2 Å². The van der Waals surface area contributed by atoms with Crippen LogP contribution in [0.15, 0.2) is 16.6 Å². The van der Waals surface area contributed by atoms with E-state index >= 15 is 0 Å². The lowest BCUT2D eigenvalue weighted by molar-refractivity contribution is 0.0471. The van der Waals surface area contributed by atoms with Gasteiger partial charge >= 0.3 is 5.97 Å². The lowest BCUT2D eigenvalue weighted by atomic mass is 10.2. The molecule has 0 unspecified atom stereocenters. The number of ether oxygens (including phenoxy) is 1. The predicted molar refractivity (Wildman–Crippen MR) is 74.5 cm³/mol. The summed E-state index contributed by atoms with van der Waals surface area (Å²) < 4.78 is 18.7. The minimum absolute atomic E-state index is 0.0605. The van der Waals surface area contributed by atoms with Crippen LogP contribution in [0.5, 0.6) is 0 Å². The smallest absolute Gasteiger partial charge is 0.339 e. The fraction of sp³-hybridized carbons (Fsp3) is 0.462. The molecule has 1 aliphatic rings. The average Bonchev–Trinajstić information content (AvgIpc) is 2.86. The van der Waals surface area contributed by atoms with Crippen molar-refractivity contribution in [3.8, 4) is 0 Å². The molecule has 1 saturated heterocycles. The maximum Gasteiger partial charge on any atom is 0.339 e. The number of esters is 1. The molecule has 0 aliphatic carbocycles. The highest BCUT2D eigenvalue weighted by atomic mass is 79.9. The van der Waals surface area contributed by atoms with Crippen LogP contribution in [-0.2, 0) is 4.74 Å². The second kappa shape index (κ2) is 6.34. The summed E-state index contributed by atoms with van der Waals surface area (Å²) in [6.07, 6.45) is 2.40. The second-order valence-electron chi connectivity index (χ2n) is 4.54. The number of carbonyl (C=O) groups excluding carboxylic acids is 1. The molecule has 2 N–H and O–H groups in total. The summed E-state index contributed by atoms with van der Waals surface area (Å²) in [5.41, 5.74) is 5.63. The van der Waals surface area contributed by atoms with Crippen LogP contribution in [0.4, 0.5) is 10.1 Å². The van der Waals surface area contributed by atoms with Gasteiger partial charge in [-0.3, -0.25) is 4.90 Å². The number of nitrogens with two attached hydrogens (primary N) is 1. The van der Waals surface area contributed by atoms with Gasteiger partial charge in [-0.05, 0) is 54.0 Å². The van der Waals surface area contributed by atoms with Crippen LogP contribution in [0.2, 0.25) is 0 Å². The summed E-state index contributed by atoms with van der Waals surface area (Å²) in [6, 6.07) is 2.46. The Morgan fingerprint density at radius 2 is 2.11 bits per heavy atom. The first-order valence-electron chi connectivity index (χ1n) is 6.22. The van der Waals surface area contributed by atoms with Crippen molar-refractivity contribution in [3.05, 3.63) is 28.0 Å². The number of nitrogen functional groups attached to an aromatic ring is 1. The highest BCUT2D eigenvalue weighted by Gasteiger charge is 2.16. The van der Waals surface area contributed by atoms with E-state index in [1.807, 2.05) is 0 Å². The molecule has 0 saturated carbocycles. The van der Waals surface area contributed by atoms with Crippen molar-refractivity contribution in [1.82, 2.24) is 4.90 Å². The molecule has 104 valence electrons. The molecule has 0 amide bonds. The molecular formula is C13H16BrFN2O2. The summed E-state index contributed by atoms with van der Waals surface area (Å²) in [5, 5.41) is 0. The molecule has 0 bridgehead atoms. The van der Waals surface area contributed by atoms with Gasteiger partial charge in [0.15, 0.2) is 0 Å². The Balaban J connectivity index is 1.90. The van der Waals surface area contributed by atoms with E-state index in [9.17, 15) is 9.18 Å². The number of carbonyl (C=O) groups is 1. The first-order chi connectivity index (χ1) is 9.08. The van der Waals surface area contributed by atoms with Crippen LogP contribution in [0.3, 0.4) is 0 Å². The number of nitrogens with zero attached hydrogens (tertiary/aromatic N) is 1. The minimum Gasteiger partial charge on any atom is -0.461 e. The zero-order valence-electron chi connectivity index (χ0n) is 10.5. The lowest BCUT2D eigenvalue weighted by Gasteiger charge is -2.14. The molecule has 0 spiro atoms. The first-order valence-corrected chi connectivity index (χ1v) is 7.01. The zero-order valence-corrected chi connectivity index (χ0v) is 12.1. The highest BCUT2D eigenvalue weighted by molar-refractivity contribution is 9.10. The third-order valence-corrected chi connectivity index (χ3v) is 3.80. The fourth-order valence-corrected chi connectivity index (χ4v) is 2.55. The topological polar surface area (TPSA) is 55.6 Å². The monoisotopic (exact) mass is 330 g/mol. The van der Waals surface area contributed by atoms with Gasteiger partial charge in [0, 0.05) is 11.0 Å². The molecule has 2 rings (SSSR count). The van der Waals surface area contributed by atoms with Gasteiger partial charge in [-0.2, -0.15) is 0 Å². The molecule has 19 heavy (non-hydrogen) atoms. The van der Waals surface area contributed by atoms with Crippen molar-refractivity contribution in [1.29, 1.82) is 0 Å². The first kappa shape index (κ1) is 14.3. The molecule has 0 radical (unpaired) electrons. The molecule has 1 aromatic rings. The standard InChI is InChI=1S/C13H16BrFN2O2/c14-10-8-11(15)12(16)7-9(10)13(18)19-6-5-17-3-1-2-4-17/h7-8H,1-6,16H2. The van der Waals surface area contributed by atoms with Crippen LogP contribution in [0.25, 0.3) is 0 Å². The Morgan fingerprint density at radius 1 is 1.42 bits per heavy atom. The van der Waals surface area contributed by atoms with Gasteiger partial charge in [-0.1, -0.05) is 0 Å². The van der Waals surface area contributed by atoms with Gasteiger partial charge in [0.2, 0.25) is 0 Å².